The molecule has 0 bridgehead atoms. The SMILES string of the molecule is COc1nc(SCCC=C(F)F)ns1. The van der Waals surface area contributed by atoms with Crippen LogP contribution in [0.2, 0.25) is 0 Å². The Bertz CT molecular complexity index is 312. The van der Waals surface area contributed by atoms with E-state index in [1.165, 1.54) is 18.9 Å². The molecule has 78 valence electrons. The Balaban J connectivity index is 2.28. The van der Waals surface area contributed by atoms with E-state index >= 15 is 0 Å². The van der Waals surface area contributed by atoms with Crippen molar-refractivity contribution in [1.82, 2.24) is 9.36 Å². The van der Waals surface area contributed by atoms with E-state index in [1.54, 1.807) is 0 Å². The number of thioether (sulfide) groups is 1. The predicted octanol–water partition coefficient (Wildman–Crippen LogP) is 2.81. The minimum Gasteiger partial charge on any atom is -0.472 e. The zero-order chi connectivity index (χ0) is 10.4. The molecule has 0 aromatic carbocycles. The van der Waals surface area contributed by atoms with Crippen LogP contribution in [0.5, 0.6) is 5.19 Å². The number of nitrogens with zero attached hydrogens (tertiary/aromatic N) is 2. The molecule has 1 heterocycles. The summed E-state index contributed by atoms with van der Waals surface area (Å²) in [6, 6.07) is 0. The first-order valence-corrected chi connectivity index (χ1v) is 5.50. The lowest BCUT2D eigenvalue weighted by atomic mass is 10.5. The summed E-state index contributed by atoms with van der Waals surface area (Å²) in [5.41, 5.74) is 0. The highest BCUT2D eigenvalue weighted by atomic mass is 32.2. The lowest BCUT2D eigenvalue weighted by Crippen LogP contribution is -1.82. The summed E-state index contributed by atoms with van der Waals surface area (Å²) in [5, 5.41) is 1.05. The minimum atomic E-state index is -1.64. The van der Waals surface area contributed by atoms with Gasteiger partial charge < -0.3 is 4.74 Å². The Hall–Kier alpha value is -0.690. The standard InChI is InChI=1S/C7H8F2N2OS2/c1-12-7-10-6(11-14-7)13-4-2-3-5(8)9/h3H,2,4H2,1H3. The summed E-state index contributed by atoms with van der Waals surface area (Å²) < 4.78 is 32.0. The van der Waals surface area contributed by atoms with E-state index in [1.807, 2.05) is 0 Å². The van der Waals surface area contributed by atoms with Crippen molar-refractivity contribution in [3.63, 3.8) is 0 Å². The average molecular weight is 238 g/mol. The first kappa shape index (κ1) is 11.4. The van der Waals surface area contributed by atoms with E-state index in [9.17, 15) is 8.78 Å². The van der Waals surface area contributed by atoms with Crippen molar-refractivity contribution in [2.45, 2.75) is 11.6 Å². The Morgan fingerprint density at radius 2 is 2.43 bits per heavy atom. The maximum absolute atomic E-state index is 11.6. The quantitative estimate of drug-likeness (QED) is 0.583. The van der Waals surface area contributed by atoms with Crippen LogP contribution >= 0.6 is 23.3 Å². The molecule has 0 aliphatic carbocycles. The third kappa shape index (κ3) is 4.01. The molecule has 14 heavy (non-hydrogen) atoms. The molecule has 1 aromatic rings. The van der Waals surface area contributed by atoms with E-state index in [4.69, 9.17) is 4.74 Å². The van der Waals surface area contributed by atoms with Gasteiger partial charge in [-0.3, -0.25) is 0 Å². The lowest BCUT2D eigenvalue weighted by Gasteiger charge is -1.91. The molecule has 0 unspecified atom stereocenters. The molecule has 0 N–H and O–H groups in total. The van der Waals surface area contributed by atoms with Gasteiger partial charge in [-0.1, -0.05) is 11.8 Å². The van der Waals surface area contributed by atoms with E-state index < -0.39 is 6.08 Å². The van der Waals surface area contributed by atoms with E-state index in [0.29, 0.717) is 22.5 Å². The van der Waals surface area contributed by atoms with Gasteiger partial charge >= 0.3 is 0 Å². The van der Waals surface area contributed by atoms with Crippen LogP contribution in [0, 0.1) is 0 Å². The van der Waals surface area contributed by atoms with Gasteiger partial charge in [-0.05, 0) is 12.5 Å². The Morgan fingerprint density at radius 1 is 1.64 bits per heavy atom. The van der Waals surface area contributed by atoms with Gasteiger partial charge in [-0.25, -0.2) is 0 Å². The molecule has 0 fully saturated rings. The van der Waals surface area contributed by atoms with Gasteiger partial charge in [-0.15, -0.1) is 0 Å². The zero-order valence-electron chi connectivity index (χ0n) is 7.37. The number of hydrogen-bond acceptors (Lipinski definition) is 5. The molecule has 0 amide bonds. The highest BCUT2D eigenvalue weighted by Crippen LogP contribution is 2.21. The number of ether oxygens (including phenoxy) is 1. The number of aromatic nitrogens is 2. The number of hydrogen-bond donors (Lipinski definition) is 0. The molecule has 0 aliphatic rings. The van der Waals surface area contributed by atoms with Crippen LogP contribution in [-0.2, 0) is 0 Å². The molecule has 0 saturated carbocycles. The van der Waals surface area contributed by atoms with Gasteiger partial charge in [0.25, 0.3) is 11.3 Å². The Kier molecular flexibility index (Phi) is 4.81. The maximum atomic E-state index is 11.6. The molecule has 1 rings (SSSR count). The van der Waals surface area contributed by atoms with Gasteiger partial charge in [0.05, 0.1) is 7.11 Å². The van der Waals surface area contributed by atoms with Crippen molar-refractivity contribution in [3.8, 4) is 5.19 Å². The van der Waals surface area contributed by atoms with Crippen LogP contribution in [0.15, 0.2) is 17.3 Å². The maximum Gasteiger partial charge on any atom is 0.293 e. The molecule has 3 nitrogen and oxygen atoms in total. The predicted molar refractivity (Wildman–Crippen MR) is 52.1 cm³/mol. The van der Waals surface area contributed by atoms with Gasteiger partial charge in [0.15, 0.2) is 0 Å². The van der Waals surface area contributed by atoms with E-state index in [2.05, 4.69) is 9.36 Å². The van der Waals surface area contributed by atoms with Gasteiger partial charge in [0.1, 0.15) is 0 Å². The molecule has 0 atom stereocenters. The number of allylic oxidation sites excluding steroid dienone is 1. The second-order valence-electron chi connectivity index (χ2n) is 2.18. The molecule has 0 saturated heterocycles. The highest BCUT2D eigenvalue weighted by Gasteiger charge is 2.03. The molecular formula is C7H8F2N2OS2. The largest absolute Gasteiger partial charge is 0.472 e. The first-order chi connectivity index (χ1) is 6.72. The van der Waals surface area contributed by atoms with Crippen LogP contribution in [-0.4, -0.2) is 22.2 Å². The fourth-order valence-corrected chi connectivity index (χ4v) is 2.00. The Labute approximate surface area is 88.4 Å². The van der Waals surface area contributed by atoms with Crippen LogP contribution in [0.3, 0.4) is 0 Å². The summed E-state index contributed by atoms with van der Waals surface area (Å²) in [6.07, 6.45) is -0.445. The fraction of sp³-hybridized carbons (Fsp3) is 0.429. The molecule has 7 heteroatoms. The highest BCUT2D eigenvalue weighted by molar-refractivity contribution is 7.99. The minimum absolute atomic E-state index is 0.314. The second-order valence-corrected chi connectivity index (χ2v) is 3.95. The summed E-state index contributed by atoms with van der Waals surface area (Å²) in [4.78, 5) is 3.99. The van der Waals surface area contributed by atoms with E-state index in [-0.39, 0.29) is 0 Å². The Morgan fingerprint density at radius 3 is 3.00 bits per heavy atom. The van der Waals surface area contributed by atoms with Gasteiger partial charge in [0, 0.05) is 17.3 Å². The summed E-state index contributed by atoms with van der Waals surface area (Å²) in [7, 11) is 1.51. The normalized spacial score (nSPS) is 9.93. The number of methoxy groups -OCH3 is 1. The van der Waals surface area contributed by atoms with Crippen molar-refractivity contribution in [1.29, 1.82) is 0 Å². The summed E-state index contributed by atoms with van der Waals surface area (Å²) in [6.45, 7) is 0. The molecule has 0 spiro atoms. The van der Waals surface area contributed by atoms with E-state index in [0.717, 1.165) is 17.6 Å². The average Bonchev–Trinajstić information content (AvgIpc) is 2.60. The smallest absolute Gasteiger partial charge is 0.293 e. The third-order valence-electron chi connectivity index (χ3n) is 1.21. The third-order valence-corrected chi connectivity index (χ3v) is 2.89. The van der Waals surface area contributed by atoms with Crippen LogP contribution in [0.25, 0.3) is 0 Å². The summed E-state index contributed by atoms with van der Waals surface area (Å²) in [5.74, 6) is 0.539. The monoisotopic (exact) mass is 238 g/mol. The van der Waals surface area contributed by atoms with Crippen LogP contribution in [0.4, 0.5) is 8.78 Å². The topological polar surface area (TPSA) is 35.0 Å². The molecule has 0 aliphatic heterocycles. The lowest BCUT2D eigenvalue weighted by molar-refractivity contribution is 0.409. The van der Waals surface area contributed by atoms with Gasteiger partial charge in [-0.2, -0.15) is 18.1 Å². The van der Waals surface area contributed by atoms with Crippen molar-refractivity contribution >= 4 is 23.3 Å². The second kappa shape index (κ2) is 5.92. The van der Waals surface area contributed by atoms with Crippen molar-refractivity contribution < 1.29 is 13.5 Å². The van der Waals surface area contributed by atoms with Crippen molar-refractivity contribution in [2.24, 2.45) is 0 Å². The van der Waals surface area contributed by atoms with Crippen LogP contribution in [0.1, 0.15) is 6.42 Å². The fourth-order valence-electron chi connectivity index (χ4n) is 0.657. The number of halogens is 2. The molecule has 0 radical (unpaired) electrons. The molecule has 1 aromatic heterocycles. The summed E-state index contributed by atoms with van der Waals surface area (Å²) >= 11 is 2.48. The van der Waals surface area contributed by atoms with Crippen molar-refractivity contribution in [3.05, 3.63) is 12.2 Å². The zero-order valence-corrected chi connectivity index (χ0v) is 9.00. The first-order valence-electron chi connectivity index (χ1n) is 3.74. The van der Waals surface area contributed by atoms with Crippen LogP contribution < -0.4 is 4.74 Å². The molecular weight excluding hydrogens is 230 g/mol. The number of rotatable bonds is 5. The van der Waals surface area contributed by atoms with Gasteiger partial charge in [0.2, 0.25) is 5.16 Å². The van der Waals surface area contributed by atoms with Crippen molar-refractivity contribution in [2.75, 3.05) is 12.9 Å².